The number of nitrogens with zero attached hydrogens (tertiary/aromatic N) is 1. The third kappa shape index (κ3) is 2.05. The number of oxazole rings is 1. The third-order valence-corrected chi connectivity index (χ3v) is 2.42. The predicted molar refractivity (Wildman–Crippen MR) is 60.0 cm³/mol. The largest absolute Gasteiger partial charge is 0.428 e. The van der Waals surface area contributed by atoms with E-state index in [1.807, 2.05) is 13.0 Å². The van der Waals surface area contributed by atoms with Crippen LogP contribution in [0.4, 0.5) is 10.4 Å². The van der Waals surface area contributed by atoms with Gasteiger partial charge in [0.1, 0.15) is 11.6 Å². The second-order valence-electron chi connectivity index (χ2n) is 3.55. The van der Waals surface area contributed by atoms with Crippen molar-refractivity contribution in [1.29, 1.82) is 0 Å². The minimum Gasteiger partial charge on any atom is -0.428 e. The standard InChI is InChI=1S/C12H13FN2O/c1-8-11(16-12(14-2)15-8)7-9-5-3-4-6-10(9)13/h3-6H,7H2,1-2H3,(H,14,15). The zero-order valence-corrected chi connectivity index (χ0v) is 9.25. The molecule has 4 heteroatoms. The van der Waals surface area contributed by atoms with Gasteiger partial charge < -0.3 is 9.73 Å². The van der Waals surface area contributed by atoms with E-state index < -0.39 is 0 Å². The summed E-state index contributed by atoms with van der Waals surface area (Å²) in [6.07, 6.45) is 0.424. The SMILES string of the molecule is CNc1nc(C)c(Cc2ccccc2F)o1. The number of rotatable bonds is 3. The summed E-state index contributed by atoms with van der Waals surface area (Å²) in [7, 11) is 1.73. The maximum atomic E-state index is 13.4. The molecule has 1 aromatic heterocycles. The van der Waals surface area contributed by atoms with Crippen LogP contribution in [0.2, 0.25) is 0 Å². The van der Waals surface area contributed by atoms with Crippen molar-refractivity contribution < 1.29 is 8.81 Å². The summed E-state index contributed by atoms with van der Waals surface area (Å²) < 4.78 is 18.9. The van der Waals surface area contributed by atoms with Crippen molar-refractivity contribution in [3.05, 3.63) is 47.1 Å². The molecule has 0 unspecified atom stereocenters. The van der Waals surface area contributed by atoms with Gasteiger partial charge in [0.25, 0.3) is 6.01 Å². The maximum Gasteiger partial charge on any atom is 0.294 e. The fraction of sp³-hybridized carbons (Fsp3) is 0.250. The predicted octanol–water partition coefficient (Wildman–Crippen LogP) is 2.75. The Morgan fingerprint density at radius 3 is 2.75 bits per heavy atom. The maximum absolute atomic E-state index is 13.4. The lowest BCUT2D eigenvalue weighted by Gasteiger charge is -2.00. The van der Waals surface area contributed by atoms with E-state index in [4.69, 9.17) is 4.42 Å². The first-order valence-corrected chi connectivity index (χ1v) is 5.08. The highest BCUT2D eigenvalue weighted by Crippen LogP contribution is 2.19. The van der Waals surface area contributed by atoms with E-state index in [1.165, 1.54) is 6.07 Å². The van der Waals surface area contributed by atoms with Crippen LogP contribution >= 0.6 is 0 Å². The molecule has 0 saturated carbocycles. The summed E-state index contributed by atoms with van der Waals surface area (Å²) in [4.78, 5) is 4.15. The van der Waals surface area contributed by atoms with Crippen LogP contribution in [0.15, 0.2) is 28.7 Å². The molecule has 0 amide bonds. The lowest BCUT2D eigenvalue weighted by atomic mass is 10.1. The van der Waals surface area contributed by atoms with Gasteiger partial charge in [0.2, 0.25) is 0 Å². The summed E-state index contributed by atoms with van der Waals surface area (Å²) in [5, 5.41) is 2.82. The van der Waals surface area contributed by atoms with E-state index in [9.17, 15) is 4.39 Å². The molecule has 1 aromatic carbocycles. The van der Waals surface area contributed by atoms with E-state index in [-0.39, 0.29) is 5.82 Å². The zero-order chi connectivity index (χ0) is 11.5. The number of aromatic nitrogens is 1. The number of anilines is 1. The van der Waals surface area contributed by atoms with Gasteiger partial charge in [-0.2, -0.15) is 4.98 Å². The lowest BCUT2D eigenvalue weighted by Crippen LogP contribution is -1.92. The summed E-state index contributed by atoms with van der Waals surface area (Å²) in [5.74, 6) is 0.471. The Morgan fingerprint density at radius 2 is 2.12 bits per heavy atom. The minimum absolute atomic E-state index is 0.218. The lowest BCUT2D eigenvalue weighted by molar-refractivity contribution is 0.522. The van der Waals surface area contributed by atoms with Crippen LogP contribution in [0.3, 0.4) is 0 Å². The number of benzene rings is 1. The van der Waals surface area contributed by atoms with Crippen molar-refractivity contribution in [3.63, 3.8) is 0 Å². The van der Waals surface area contributed by atoms with Gasteiger partial charge in [-0.05, 0) is 18.6 Å². The molecule has 0 atom stereocenters. The monoisotopic (exact) mass is 220 g/mol. The Hall–Kier alpha value is -1.84. The van der Waals surface area contributed by atoms with Crippen molar-refractivity contribution in [3.8, 4) is 0 Å². The van der Waals surface area contributed by atoms with Gasteiger partial charge in [-0.25, -0.2) is 4.39 Å². The fourth-order valence-electron chi connectivity index (χ4n) is 1.51. The Bertz CT molecular complexity index is 494. The highest BCUT2D eigenvalue weighted by Gasteiger charge is 2.11. The van der Waals surface area contributed by atoms with Crippen LogP contribution in [0.25, 0.3) is 0 Å². The van der Waals surface area contributed by atoms with Crippen LogP contribution < -0.4 is 5.32 Å². The molecule has 0 bridgehead atoms. The molecule has 2 rings (SSSR count). The summed E-state index contributed by atoms with van der Waals surface area (Å²) >= 11 is 0. The minimum atomic E-state index is -0.218. The Labute approximate surface area is 93.3 Å². The first-order chi connectivity index (χ1) is 7.70. The Morgan fingerprint density at radius 1 is 1.38 bits per heavy atom. The van der Waals surface area contributed by atoms with Crippen molar-refractivity contribution in [2.75, 3.05) is 12.4 Å². The second kappa shape index (κ2) is 4.35. The van der Waals surface area contributed by atoms with Gasteiger partial charge in [-0.15, -0.1) is 0 Å². The van der Waals surface area contributed by atoms with Gasteiger partial charge in [0.05, 0.1) is 5.69 Å². The highest BCUT2D eigenvalue weighted by atomic mass is 19.1. The molecule has 16 heavy (non-hydrogen) atoms. The van der Waals surface area contributed by atoms with Gasteiger partial charge in [-0.3, -0.25) is 0 Å². The fourth-order valence-corrected chi connectivity index (χ4v) is 1.51. The van der Waals surface area contributed by atoms with Gasteiger partial charge in [0, 0.05) is 13.5 Å². The number of halogens is 1. The number of nitrogens with one attached hydrogen (secondary N) is 1. The molecule has 0 radical (unpaired) electrons. The first kappa shape index (κ1) is 10.7. The van der Waals surface area contributed by atoms with E-state index in [1.54, 1.807) is 19.2 Å². The average Bonchev–Trinajstić information content (AvgIpc) is 2.63. The molecule has 0 spiro atoms. The smallest absolute Gasteiger partial charge is 0.294 e. The van der Waals surface area contributed by atoms with Crippen LogP contribution in [0, 0.1) is 12.7 Å². The summed E-state index contributed by atoms with van der Waals surface area (Å²) in [5.41, 5.74) is 1.40. The molecule has 84 valence electrons. The van der Waals surface area contributed by atoms with Crippen LogP contribution in [-0.2, 0) is 6.42 Å². The first-order valence-electron chi connectivity index (χ1n) is 5.08. The third-order valence-electron chi connectivity index (χ3n) is 2.42. The molecule has 2 aromatic rings. The molecule has 1 N–H and O–H groups in total. The van der Waals surface area contributed by atoms with Crippen LogP contribution in [-0.4, -0.2) is 12.0 Å². The van der Waals surface area contributed by atoms with Gasteiger partial charge >= 0.3 is 0 Å². The topological polar surface area (TPSA) is 38.1 Å². The second-order valence-corrected chi connectivity index (χ2v) is 3.55. The summed E-state index contributed by atoms with van der Waals surface area (Å²) in [6, 6.07) is 7.13. The van der Waals surface area contributed by atoms with Crippen LogP contribution in [0.5, 0.6) is 0 Å². The van der Waals surface area contributed by atoms with Gasteiger partial charge in [0.15, 0.2) is 0 Å². The molecule has 3 nitrogen and oxygen atoms in total. The van der Waals surface area contributed by atoms with Crippen molar-refractivity contribution in [2.45, 2.75) is 13.3 Å². The number of hydrogen-bond donors (Lipinski definition) is 1. The molecule has 0 saturated heterocycles. The number of aryl methyl sites for hydroxylation is 1. The molecular weight excluding hydrogens is 207 g/mol. The number of hydrogen-bond acceptors (Lipinski definition) is 3. The van der Waals surface area contributed by atoms with Gasteiger partial charge in [-0.1, -0.05) is 18.2 Å². The van der Waals surface area contributed by atoms with E-state index in [0.717, 1.165) is 5.69 Å². The van der Waals surface area contributed by atoms with Crippen molar-refractivity contribution in [2.24, 2.45) is 0 Å². The quantitative estimate of drug-likeness (QED) is 0.864. The van der Waals surface area contributed by atoms with Crippen molar-refractivity contribution in [1.82, 2.24) is 4.98 Å². The van der Waals surface area contributed by atoms with Crippen molar-refractivity contribution >= 4 is 6.01 Å². The van der Waals surface area contributed by atoms with E-state index >= 15 is 0 Å². The average molecular weight is 220 g/mol. The molecule has 0 aliphatic heterocycles. The summed E-state index contributed by atoms with van der Waals surface area (Å²) in [6.45, 7) is 1.85. The normalized spacial score (nSPS) is 10.4. The Kier molecular flexibility index (Phi) is 2.90. The molecular formula is C12H13FN2O. The zero-order valence-electron chi connectivity index (χ0n) is 9.25. The highest BCUT2D eigenvalue weighted by molar-refractivity contribution is 5.29. The molecule has 1 heterocycles. The Balaban J connectivity index is 2.27. The van der Waals surface area contributed by atoms with E-state index in [0.29, 0.717) is 23.8 Å². The molecule has 0 aliphatic carbocycles. The molecule has 0 fully saturated rings. The van der Waals surface area contributed by atoms with E-state index in [2.05, 4.69) is 10.3 Å². The molecule has 0 aliphatic rings. The van der Waals surface area contributed by atoms with Crippen LogP contribution in [0.1, 0.15) is 17.0 Å².